The van der Waals surface area contributed by atoms with Crippen molar-refractivity contribution in [1.29, 1.82) is 0 Å². The van der Waals surface area contributed by atoms with Crippen LogP contribution in [0.1, 0.15) is 40.1 Å². The van der Waals surface area contributed by atoms with Gasteiger partial charge < -0.3 is 16.2 Å². The highest BCUT2D eigenvalue weighted by molar-refractivity contribution is 14.1. The van der Waals surface area contributed by atoms with Gasteiger partial charge in [-0.2, -0.15) is 0 Å². The van der Waals surface area contributed by atoms with Crippen molar-refractivity contribution < 1.29 is 23.1 Å². The zero-order valence-corrected chi connectivity index (χ0v) is 18.6. The number of hydrogen-bond acceptors (Lipinski definition) is 5. The van der Waals surface area contributed by atoms with Crippen molar-refractivity contribution >= 4 is 50.0 Å². The van der Waals surface area contributed by atoms with Gasteiger partial charge in [-0.05, 0) is 79.3 Å². The molecule has 0 saturated heterocycles. The van der Waals surface area contributed by atoms with E-state index < -0.39 is 27.3 Å². The summed E-state index contributed by atoms with van der Waals surface area (Å²) in [7, 11) is -3.71. The summed E-state index contributed by atoms with van der Waals surface area (Å²) in [5.74, 6) is -2.23. The summed E-state index contributed by atoms with van der Waals surface area (Å²) in [6.07, 6.45) is 0. The number of carboxylic acid groups (broad SMARTS) is 1. The first-order chi connectivity index (χ1) is 12.8. The van der Waals surface area contributed by atoms with Crippen LogP contribution in [0, 0.1) is 10.5 Å². The molecule has 0 aliphatic rings. The van der Waals surface area contributed by atoms with E-state index in [-0.39, 0.29) is 21.8 Å². The Bertz CT molecular complexity index is 1050. The zero-order valence-electron chi connectivity index (χ0n) is 15.6. The highest BCUT2D eigenvalue weighted by atomic mass is 127. The lowest BCUT2D eigenvalue weighted by atomic mass is 10.0. The molecule has 0 atom stereocenters. The van der Waals surface area contributed by atoms with Gasteiger partial charge in [0.2, 0.25) is 0 Å². The third-order valence-electron chi connectivity index (χ3n) is 4.08. The number of nitrogens with two attached hydrogens (primary N) is 1. The predicted molar refractivity (Wildman–Crippen MR) is 115 cm³/mol. The molecule has 0 fully saturated rings. The Morgan fingerprint density at radius 2 is 1.86 bits per heavy atom. The Kier molecular flexibility index (Phi) is 6.39. The van der Waals surface area contributed by atoms with E-state index in [4.69, 9.17) is 5.73 Å². The largest absolute Gasteiger partial charge is 0.478 e. The summed E-state index contributed by atoms with van der Waals surface area (Å²) in [4.78, 5) is 24.3. The summed E-state index contributed by atoms with van der Waals surface area (Å²) in [6, 6.07) is 9.00. The average Bonchev–Trinajstić information content (AvgIpc) is 2.55. The first-order valence-corrected chi connectivity index (χ1v) is 11.0. The molecular weight excluding hydrogens is 495 g/mol. The van der Waals surface area contributed by atoms with Crippen molar-refractivity contribution in [2.45, 2.75) is 31.2 Å². The second-order valence-electron chi connectivity index (χ2n) is 7.08. The van der Waals surface area contributed by atoms with Gasteiger partial charge in [-0.3, -0.25) is 4.79 Å². The van der Waals surface area contributed by atoms with E-state index in [0.29, 0.717) is 14.8 Å². The Morgan fingerprint density at radius 3 is 2.43 bits per heavy atom. The number of nitrogen functional groups attached to an aromatic ring is 1. The molecule has 0 bridgehead atoms. The van der Waals surface area contributed by atoms with Crippen LogP contribution in [-0.2, 0) is 9.84 Å². The molecule has 28 heavy (non-hydrogen) atoms. The minimum absolute atomic E-state index is 0.0202. The topological polar surface area (TPSA) is 127 Å². The second-order valence-corrected chi connectivity index (χ2v) is 10.2. The van der Waals surface area contributed by atoms with Gasteiger partial charge in [0.15, 0.2) is 9.84 Å². The number of benzene rings is 2. The molecule has 0 spiro atoms. The quantitative estimate of drug-likeness (QED) is 0.401. The zero-order chi connectivity index (χ0) is 21.3. The van der Waals surface area contributed by atoms with E-state index in [1.165, 1.54) is 24.3 Å². The predicted octanol–water partition coefficient (Wildman–Crippen LogP) is 2.86. The summed E-state index contributed by atoms with van der Waals surface area (Å²) in [5.41, 5.74) is 5.60. The number of carboxylic acids is 1. The molecule has 0 aromatic heterocycles. The van der Waals surface area contributed by atoms with E-state index in [1.807, 2.05) is 22.6 Å². The Hall–Kier alpha value is -2.14. The number of carbonyl (C=O) groups excluding carboxylic acids is 1. The fourth-order valence-corrected chi connectivity index (χ4v) is 5.29. The van der Waals surface area contributed by atoms with E-state index in [2.05, 4.69) is 5.32 Å². The van der Waals surface area contributed by atoms with Crippen LogP contribution in [0.15, 0.2) is 41.3 Å². The molecule has 0 unspecified atom stereocenters. The molecule has 9 heteroatoms. The lowest BCUT2D eigenvalue weighted by Gasteiger charge is -2.26. The molecule has 150 valence electrons. The number of carbonyl (C=O) groups is 2. The summed E-state index contributed by atoms with van der Waals surface area (Å²) in [5, 5.41) is 12.0. The van der Waals surface area contributed by atoms with Crippen LogP contribution in [0.5, 0.6) is 0 Å². The third kappa shape index (κ3) is 5.02. The van der Waals surface area contributed by atoms with Gasteiger partial charge in [0.25, 0.3) is 5.91 Å². The minimum Gasteiger partial charge on any atom is -0.478 e. The van der Waals surface area contributed by atoms with Crippen molar-refractivity contribution in [3.8, 4) is 0 Å². The van der Waals surface area contributed by atoms with Gasteiger partial charge in [-0.1, -0.05) is 6.07 Å². The van der Waals surface area contributed by atoms with Crippen molar-refractivity contribution in [3.05, 3.63) is 56.7 Å². The molecule has 2 aromatic carbocycles. The number of nitrogens with one attached hydrogen (secondary N) is 1. The third-order valence-corrected chi connectivity index (χ3v) is 7.05. The number of hydrogen-bond donors (Lipinski definition) is 3. The van der Waals surface area contributed by atoms with Crippen LogP contribution in [0.4, 0.5) is 5.69 Å². The number of rotatable bonds is 6. The standard InChI is InChI=1S/C19H21IN2O5S/c1-11-9-12(7-8-15(11)21)28(26,27)10-19(2,3)22-17(23)13-5-4-6-14(20)16(13)18(24)25/h4-9H,10,21H2,1-3H3,(H,22,23)(H,24,25). The SMILES string of the molecule is Cc1cc(S(=O)(=O)CC(C)(C)NC(=O)c2cccc(I)c2C(=O)O)ccc1N. The molecule has 7 nitrogen and oxygen atoms in total. The number of sulfone groups is 1. The van der Waals surface area contributed by atoms with E-state index in [1.54, 1.807) is 32.9 Å². The maximum Gasteiger partial charge on any atom is 0.337 e. The average molecular weight is 516 g/mol. The maximum absolute atomic E-state index is 12.8. The number of amides is 1. The Morgan fingerprint density at radius 1 is 1.21 bits per heavy atom. The molecular formula is C19H21IN2O5S. The van der Waals surface area contributed by atoms with Crippen LogP contribution in [-0.4, -0.2) is 36.7 Å². The van der Waals surface area contributed by atoms with Gasteiger partial charge in [0.05, 0.1) is 21.8 Å². The summed E-state index contributed by atoms with van der Waals surface area (Å²) in [6.45, 7) is 4.85. The molecule has 0 aliphatic heterocycles. The van der Waals surface area contributed by atoms with Crippen LogP contribution in [0.2, 0.25) is 0 Å². The number of anilines is 1. The van der Waals surface area contributed by atoms with Crippen molar-refractivity contribution in [1.82, 2.24) is 5.32 Å². The van der Waals surface area contributed by atoms with Crippen molar-refractivity contribution in [2.24, 2.45) is 0 Å². The molecule has 2 aromatic rings. The number of aromatic carboxylic acids is 1. The minimum atomic E-state index is -3.71. The molecule has 1 amide bonds. The fraction of sp³-hybridized carbons (Fsp3) is 0.263. The van der Waals surface area contributed by atoms with Crippen LogP contribution >= 0.6 is 22.6 Å². The monoisotopic (exact) mass is 516 g/mol. The first-order valence-electron chi connectivity index (χ1n) is 8.27. The van der Waals surface area contributed by atoms with Gasteiger partial charge in [-0.15, -0.1) is 0 Å². The van der Waals surface area contributed by atoms with Crippen molar-refractivity contribution in [3.63, 3.8) is 0 Å². The number of halogens is 1. The van der Waals surface area contributed by atoms with Gasteiger partial charge in [-0.25, -0.2) is 13.2 Å². The van der Waals surface area contributed by atoms with E-state index >= 15 is 0 Å². The fourth-order valence-electron chi connectivity index (χ4n) is 2.74. The van der Waals surface area contributed by atoms with E-state index in [9.17, 15) is 23.1 Å². The number of aryl methyl sites for hydroxylation is 1. The van der Waals surface area contributed by atoms with Gasteiger partial charge >= 0.3 is 5.97 Å². The molecule has 0 aliphatic carbocycles. The normalized spacial score (nSPS) is 11.9. The smallest absolute Gasteiger partial charge is 0.337 e. The Labute approximate surface area is 177 Å². The summed E-state index contributed by atoms with van der Waals surface area (Å²) >= 11 is 1.84. The van der Waals surface area contributed by atoms with Gasteiger partial charge in [0, 0.05) is 14.8 Å². The second kappa shape index (κ2) is 8.08. The highest BCUT2D eigenvalue weighted by Gasteiger charge is 2.31. The summed E-state index contributed by atoms with van der Waals surface area (Å²) < 4.78 is 26.0. The van der Waals surface area contributed by atoms with Crippen LogP contribution in [0.25, 0.3) is 0 Å². The maximum atomic E-state index is 12.8. The highest BCUT2D eigenvalue weighted by Crippen LogP contribution is 2.22. The first kappa shape index (κ1) is 22.2. The molecule has 2 rings (SSSR count). The van der Waals surface area contributed by atoms with Gasteiger partial charge in [0.1, 0.15) is 0 Å². The lowest BCUT2D eigenvalue weighted by Crippen LogP contribution is -2.48. The van der Waals surface area contributed by atoms with Crippen LogP contribution in [0.3, 0.4) is 0 Å². The van der Waals surface area contributed by atoms with Crippen molar-refractivity contribution in [2.75, 3.05) is 11.5 Å². The lowest BCUT2D eigenvalue weighted by molar-refractivity contribution is 0.0688. The molecule has 0 heterocycles. The molecule has 0 saturated carbocycles. The molecule has 0 radical (unpaired) electrons. The Balaban J connectivity index is 2.28. The van der Waals surface area contributed by atoms with E-state index in [0.717, 1.165) is 0 Å². The molecule has 4 N–H and O–H groups in total. The van der Waals surface area contributed by atoms with Crippen LogP contribution < -0.4 is 11.1 Å².